The first kappa shape index (κ1) is 16.5. The fraction of sp³-hybridized carbons (Fsp3) is 0.286. The first-order valence-corrected chi connectivity index (χ1v) is 8.90. The summed E-state index contributed by atoms with van der Waals surface area (Å²) >= 11 is 0. The zero-order chi connectivity index (χ0) is 18.1. The van der Waals surface area contributed by atoms with E-state index in [1.807, 2.05) is 62.6 Å². The first-order valence-electron chi connectivity index (χ1n) is 8.90. The Balaban J connectivity index is 1.52. The quantitative estimate of drug-likeness (QED) is 0.798. The summed E-state index contributed by atoms with van der Waals surface area (Å²) in [5.41, 5.74) is 3.49. The highest BCUT2D eigenvalue weighted by molar-refractivity contribution is 6.10. The van der Waals surface area contributed by atoms with Crippen LogP contribution in [0, 0.1) is 0 Å². The van der Waals surface area contributed by atoms with Crippen LogP contribution in [0.15, 0.2) is 58.5 Å². The summed E-state index contributed by atoms with van der Waals surface area (Å²) in [6.45, 7) is 3.56. The highest BCUT2D eigenvalue weighted by atomic mass is 16.1. The van der Waals surface area contributed by atoms with Gasteiger partial charge >= 0.3 is 0 Å². The van der Waals surface area contributed by atoms with Crippen LogP contribution in [0.5, 0.6) is 0 Å². The average molecular weight is 346 g/mol. The Labute approximate surface area is 153 Å². The van der Waals surface area contributed by atoms with Crippen molar-refractivity contribution in [2.75, 3.05) is 40.3 Å². The molecule has 0 radical (unpaired) electrons. The topological polar surface area (TPSA) is 48.3 Å². The number of aliphatic imine (C=N–C) groups is 2. The van der Waals surface area contributed by atoms with Gasteiger partial charge in [-0.2, -0.15) is 0 Å². The molecule has 0 saturated carbocycles. The Morgan fingerprint density at radius 1 is 0.731 bits per heavy atom. The number of nitrogens with zero attached hydrogens (tertiary/aromatic N) is 4. The highest BCUT2D eigenvalue weighted by Crippen LogP contribution is 2.16. The number of carbonyl (C=O) groups excluding carboxylic acids is 1. The van der Waals surface area contributed by atoms with Crippen LogP contribution < -0.4 is 0 Å². The van der Waals surface area contributed by atoms with Crippen molar-refractivity contribution in [1.82, 2.24) is 9.80 Å². The van der Waals surface area contributed by atoms with E-state index in [4.69, 9.17) is 0 Å². The van der Waals surface area contributed by atoms with Crippen molar-refractivity contribution < 1.29 is 4.79 Å². The molecule has 132 valence electrons. The van der Waals surface area contributed by atoms with Gasteiger partial charge in [0.15, 0.2) is 5.78 Å². The number of rotatable bonds is 4. The van der Waals surface area contributed by atoms with Crippen molar-refractivity contribution in [2.45, 2.75) is 0 Å². The van der Waals surface area contributed by atoms with E-state index in [0.29, 0.717) is 11.1 Å². The third kappa shape index (κ3) is 3.01. The molecule has 5 nitrogen and oxygen atoms in total. The Morgan fingerprint density at radius 2 is 1.12 bits per heavy atom. The summed E-state index contributed by atoms with van der Waals surface area (Å²) in [6, 6.07) is 15.4. The number of hydrogen-bond acceptors (Lipinski definition) is 5. The number of benzene rings is 2. The van der Waals surface area contributed by atoms with E-state index in [2.05, 4.69) is 19.8 Å². The number of ketones is 1. The molecule has 0 N–H and O–H groups in total. The summed E-state index contributed by atoms with van der Waals surface area (Å²) in [5.74, 6) is 2.02. The molecule has 0 aliphatic carbocycles. The Bertz CT molecular complexity index is 808. The first-order chi connectivity index (χ1) is 12.6. The molecular formula is C21H22N4O. The minimum absolute atomic E-state index is 0.0338. The van der Waals surface area contributed by atoms with E-state index in [0.717, 1.165) is 49.0 Å². The van der Waals surface area contributed by atoms with Crippen LogP contribution in [0.25, 0.3) is 0 Å². The summed E-state index contributed by atoms with van der Waals surface area (Å²) in [4.78, 5) is 26.1. The molecule has 0 atom stereocenters. The minimum Gasteiger partial charge on any atom is -0.358 e. The average Bonchev–Trinajstić information content (AvgIpc) is 3.29. The molecular weight excluding hydrogens is 324 g/mol. The Hall–Kier alpha value is -2.95. The number of amidine groups is 2. The summed E-state index contributed by atoms with van der Waals surface area (Å²) < 4.78 is 0. The Morgan fingerprint density at radius 3 is 1.42 bits per heavy atom. The Kier molecular flexibility index (Phi) is 4.29. The zero-order valence-electron chi connectivity index (χ0n) is 15.1. The van der Waals surface area contributed by atoms with Crippen molar-refractivity contribution >= 4 is 17.5 Å². The van der Waals surface area contributed by atoms with Crippen LogP contribution >= 0.6 is 0 Å². The van der Waals surface area contributed by atoms with E-state index >= 15 is 0 Å². The van der Waals surface area contributed by atoms with Crippen LogP contribution in [-0.2, 0) is 0 Å². The van der Waals surface area contributed by atoms with E-state index in [-0.39, 0.29) is 5.78 Å². The van der Waals surface area contributed by atoms with Crippen LogP contribution in [-0.4, -0.2) is 67.5 Å². The number of hydrogen-bond donors (Lipinski definition) is 0. The van der Waals surface area contributed by atoms with Crippen LogP contribution in [0.3, 0.4) is 0 Å². The van der Waals surface area contributed by atoms with Crippen molar-refractivity contribution in [3.63, 3.8) is 0 Å². The third-order valence-corrected chi connectivity index (χ3v) is 4.93. The smallest absolute Gasteiger partial charge is 0.193 e. The molecule has 2 aliphatic rings. The molecule has 4 rings (SSSR count). The molecule has 0 aromatic heterocycles. The molecule has 5 heteroatoms. The predicted octanol–water partition coefficient (Wildman–Crippen LogP) is 2.30. The van der Waals surface area contributed by atoms with Gasteiger partial charge in [0.05, 0.1) is 13.1 Å². The molecule has 2 aromatic carbocycles. The highest BCUT2D eigenvalue weighted by Gasteiger charge is 2.17. The van der Waals surface area contributed by atoms with Gasteiger partial charge in [0.2, 0.25) is 0 Å². The van der Waals surface area contributed by atoms with Crippen LogP contribution in [0.4, 0.5) is 0 Å². The van der Waals surface area contributed by atoms with Crippen molar-refractivity contribution in [1.29, 1.82) is 0 Å². The van der Waals surface area contributed by atoms with Crippen molar-refractivity contribution in [3.05, 3.63) is 70.8 Å². The molecule has 2 aromatic rings. The largest absolute Gasteiger partial charge is 0.358 e. The number of likely N-dealkylation sites (N-methyl/N-ethyl adjacent to an activating group) is 2. The molecule has 0 saturated heterocycles. The molecule has 0 unspecified atom stereocenters. The van der Waals surface area contributed by atoms with Gasteiger partial charge in [-0.1, -0.05) is 48.5 Å². The van der Waals surface area contributed by atoms with E-state index < -0.39 is 0 Å². The van der Waals surface area contributed by atoms with E-state index in [9.17, 15) is 4.79 Å². The van der Waals surface area contributed by atoms with E-state index in [1.54, 1.807) is 0 Å². The monoisotopic (exact) mass is 346 g/mol. The lowest BCUT2D eigenvalue weighted by atomic mass is 10.0. The van der Waals surface area contributed by atoms with Gasteiger partial charge in [-0.15, -0.1) is 0 Å². The van der Waals surface area contributed by atoms with E-state index in [1.165, 1.54) is 0 Å². The summed E-state index contributed by atoms with van der Waals surface area (Å²) in [5, 5.41) is 0. The second kappa shape index (κ2) is 6.75. The fourth-order valence-electron chi connectivity index (χ4n) is 3.40. The maximum atomic E-state index is 12.8. The lowest BCUT2D eigenvalue weighted by molar-refractivity contribution is 0.103. The molecule has 2 aliphatic heterocycles. The second-order valence-electron chi connectivity index (χ2n) is 6.74. The summed E-state index contributed by atoms with van der Waals surface area (Å²) in [6.07, 6.45) is 0. The lowest BCUT2D eigenvalue weighted by Gasteiger charge is -2.14. The fourth-order valence-corrected chi connectivity index (χ4v) is 3.40. The standard InChI is InChI=1S/C21H22N4O/c1-24-13-11-22-20(24)17-7-3-15(4-8-17)19(26)16-5-9-18(10-6-16)21-23-12-14-25(21)2/h3-10H,11-14H2,1-2H3. The van der Waals surface area contributed by atoms with Gasteiger partial charge in [0, 0.05) is 49.4 Å². The number of carbonyl (C=O) groups is 1. The lowest BCUT2D eigenvalue weighted by Crippen LogP contribution is -2.23. The zero-order valence-corrected chi connectivity index (χ0v) is 15.1. The van der Waals surface area contributed by atoms with Gasteiger partial charge in [0.25, 0.3) is 0 Å². The van der Waals surface area contributed by atoms with Crippen LogP contribution in [0.1, 0.15) is 27.0 Å². The van der Waals surface area contributed by atoms with Gasteiger partial charge < -0.3 is 9.80 Å². The summed E-state index contributed by atoms with van der Waals surface area (Å²) in [7, 11) is 4.08. The minimum atomic E-state index is 0.0338. The maximum Gasteiger partial charge on any atom is 0.193 e. The molecule has 0 fully saturated rings. The molecule has 26 heavy (non-hydrogen) atoms. The molecule has 0 bridgehead atoms. The van der Waals surface area contributed by atoms with Gasteiger partial charge in [-0.05, 0) is 0 Å². The SMILES string of the molecule is CN1CCN=C1c1ccc(C(=O)c2ccc(C3=NCCN3C)cc2)cc1. The van der Waals surface area contributed by atoms with Crippen molar-refractivity contribution in [2.24, 2.45) is 9.98 Å². The van der Waals surface area contributed by atoms with Crippen LogP contribution in [0.2, 0.25) is 0 Å². The molecule has 0 amide bonds. The van der Waals surface area contributed by atoms with Crippen molar-refractivity contribution in [3.8, 4) is 0 Å². The second-order valence-corrected chi connectivity index (χ2v) is 6.74. The maximum absolute atomic E-state index is 12.8. The van der Waals surface area contributed by atoms with Gasteiger partial charge in [-0.25, -0.2) is 0 Å². The predicted molar refractivity (Wildman–Crippen MR) is 104 cm³/mol. The third-order valence-electron chi connectivity index (χ3n) is 4.93. The molecule has 2 heterocycles. The molecule has 0 spiro atoms. The van der Waals surface area contributed by atoms with Gasteiger partial charge in [0.1, 0.15) is 11.7 Å². The van der Waals surface area contributed by atoms with Gasteiger partial charge in [-0.3, -0.25) is 14.8 Å². The normalized spacial score (nSPS) is 16.7.